The van der Waals surface area contributed by atoms with E-state index in [1.165, 1.54) is 18.4 Å². The molecule has 0 bridgehead atoms. The van der Waals surface area contributed by atoms with Gasteiger partial charge >= 0.3 is 0 Å². The van der Waals surface area contributed by atoms with Crippen LogP contribution in [0.3, 0.4) is 0 Å². The number of anilines is 2. The first-order valence-electron chi connectivity index (χ1n) is 5.80. The zero-order valence-corrected chi connectivity index (χ0v) is 11.3. The number of hydrogen-bond donors (Lipinski definition) is 1. The molecule has 0 spiro atoms. The van der Waals surface area contributed by atoms with E-state index in [9.17, 15) is 0 Å². The van der Waals surface area contributed by atoms with E-state index in [1.807, 2.05) is 0 Å². The molecular weight excluding hydrogens is 268 g/mol. The molecule has 1 aliphatic carbocycles. The zero-order chi connectivity index (χ0) is 12.5. The van der Waals surface area contributed by atoms with Crippen molar-refractivity contribution >= 4 is 34.4 Å². The molecule has 0 saturated heterocycles. The fraction of sp³-hybridized carbons (Fsp3) is 0.333. The van der Waals surface area contributed by atoms with E-state index in [2.05, 4.69) is 31.7 Å². The summed E-state index contributed by atoms with van der Waals surface area (Å²) in [4.78, 5) is 10.4. The van der Waals surface area contributed by atoms with Crippen molar-refractivity contribution in [3.63, 3.8) is 0 Å². The second-order valence-corrected chi connectivity index (χ2v) is 5.53. The molecule has 1 saturated carbocycles. The summed E-state index contributed by atoms with van der Waals surface area (Å²) in [6, 6.07) is 2.65. The van der Waals surface area contributed by atoms with Crippen molar-refractivity contribution in [1.82, 2.24) is 9.97 Å². The van der Waals surface area contributed by atoms with Crippen LogP contribution in [0.5, 0.6) is 0 Å². The fourth-order valence-electron chi connectivity index (χ4n) is 1.93. The van der Waals surface area contributed by atoms with Gasteiger partial charge in [-0.15, -0.1) is 0 Å². The maximum Gasteiger partial charge on any atom is 0.224 e. The Morgan fingerprint density at radius 3 is 3.00 bits per heavy atom. The SMILES string of the molecule is Nc1cnc(Cl)nc1N(Cc1ccsc1)C1CC1. The molecule has 0 radical (unpaired) electrons. The van der Waals surface area contributed by atoms with Crippen molar-refractivity contribution in [3.8, 4) is 0 Å². The van der Waals surface area contributed by atoms with Crippen molar-refractivity contribution in [2.75, 3.05) is 10.6 Å². The third-order valence-electron chi connectivity index (χ3n) is 2.96. The minimum absolute atomic E-state index is 0.246. The Morgan fingerprint density at radius 2 is 2.33 bits per heavy atom. The Bertz CT molecular complexity index is 539. The van der Waals surface area contributed by atoms with Gasteiger partial charge < -0.3 is 10.6 Å². The van der Waals surface area contributed by atoms with Crippen LogP contribution in [0.25, 0.3) is 0 Å². The maximum atomic E-state index is 5.96. The van der Waals surface area contributed by atoms with Crippen molar-refractivity contribution in [1.29, 1.82) is 0 Å². The Morgan fingerprint density at radius 1 is 1.50 bits per heavy atom. The first-order chi connectivity index (χ1) is 8.74. The number of nitrogens with zero attached hydrogens (tertiary/aromatic N) is 3. The van der Waals surface area contributed by atoms with Crippen LogP contribution in [0.15, 0.2) is 23.0 Å². The standard InChI is InChI=1S/C12H13ClN4S/c13-12-15-5-10(14)11(16-12)17(9-1-2-9)6-8-3-4-18-7-8/h3-5,7,9H,1-2,6,14H2. The predicted molar refractivity (Wildman–Crippen MR) is 75.0 cm³/mol. The average Bonchev–Trinajstić information content (AvgIpc) is 3.07. The smallest absolute Gasteiger partial charge is 0.224 e. The van der Waals surface area contributed by atoms with Crippen LogP contribution in [-0.4, -0.2) is 16.0 Å². The molecule has 2 aromatic heterocycles. The molecule has 2 N–H and O–H groups in total. The normalized spacial score (nSPS) is 14.7. The van der Waals surface area contributed by atoms with Crippen LogP contribution in [0, 0.1) is 0 Å². The van der Waals surface area contributed by atoms with Gasteiger partial charge in [-0.25, -0.2) is 4.98 Å². The minimum atomic E-state index is 0.246. The first-order valence-corrected chi connectivity index (χ1v) is 7.12. The van der Waals surface area contributed by atoms with Gasteiger partial charge in [0, 0.05) is 12.6 Å². The van der Waals surface area contributed by atoms with Gasteiger partial charge in [-0.05, 0) is 46.8 Å². The maximum absolute atomic E-state index is 5.96. The largest absolute Gasteiger partial charge is 0.394 e. The van der Waals surface area contributed by atoms with Crippen LogP contribution in [0.4, 0.5) is 11.5 Å². The van der Waals surface area contributed by atoms with Gasteiger partial charge in [-0.3, -0.25) is 0 Å². The Hall–Kier alpha value is -1.33. The van der Waals surface area contributed by atoms with Crippen molar-refractivity contribution < 1.29 is 0 Å². The molecule has 0 atom stereocenters. The molecule has 1 aliphatic rings. The highest BCUT2D eigenvalue weighted by molar-refractivity contribution is 7.07. The summed E-state index contributed by atoms with van der Waals surface area (Å²) in [7, 11) is 0. The summed E-state index contributed by atoms with van der Waals surface area (Å²) < 4.78 is 0. The van der Waals surface area contributed by atoms with Crippen LogP contribution in [0.1, 0.15) is 18.4 Å². The molecule has 2 heterocycles. The van der Waals surface area contributed by atoms with Gasteiger partial charge in [0.05, 0.1) is 11.9 Å². The van der Waals surface area contributed by atoms with E-state index in [4.69, 9.17) is 17.3 Å². The highest BCUT2D eigenvalue weighted by atomic mass is 35.5. The molecule has 0 aromatic carbocycles. The van der Waals surface area contributed by atoms with Crippen LogP contribution in [-0.2, 0) is 6.54 Å². The van der Waals surface area contributed by atoms with E-state index in [1.54, 1.807) is 17.5 Å². The van der Waals surface area contributed by atoms with Gasteiger partial charge in [0.15, 0.2) is 5.82 Å². The number of nitrogens with two attached hydrogens (primary N) is 1. The second kappa shape index (κ2) is 4.74. The van der Waals surface area contributed by atoms with Gasteiger partial charge in [0.1, 0.15) is 0 Å². The molecule has 94 valence electrons. The monoisotopic (exact) mass is 280 g/mol. The summed E-state index contributed by atoms with van der Waals surface area (Å²) >= 11 is 7.56. The Labute approximate surface area is 114 Å². The number of hydrogen-bond acceptors (Lipinski definition) is 5. The molecule has 0 aliphatic heterocycles. The summed E-state index contributed by atoms with van der Waals surface area (Å²) in [5, 5.41) is 4.47. The zero-order valence-electron chi connectivity index (χ0n) is 9.71. The van der Waals surface area contributed by atoms with Crippen molar-refractivity contribution in [2.45, 2.75) is 25.4 Å². The topological polar surface area (TPSA) is 55.0 Å². The quantitative estimate of drug-likeness (QED) is 0.875. The number of aromatic nitrogens is 2. The third kappa shape index (κ3) is 2.42. The molecule has 18 heavy (non-hydrogen) atoms. The van der Waals surface area contributed by atoms with Crippen LogP contribution in [0.2, 0.25) is 5.28 Å². The molecule has 4 nitrogen and oxygen atoms in total. The van der Waals surface area contributed by atoms with Crippen molar-refractivity contribution in [3.05, 3.63) is 33.9 Å². The van der Waals surface area contributed by atoms with Gasteiger partial charge in [0.2, 0.25) is 5.28 Å². The fourth-order valence-corrected chi connectivity index (χ4v) is 2.72. The number of thiophene rings is 1. The van der Waals surface area contributed by atoms with E-state index in [0.717, 1.165) is 12.4 Å². The average molecular weight is 281 g/mol. The lowest BCUT2D eigenvalue weighted by Crippen LogP contribution is -2.27. The highest BCUT2D eigenvalue weighted by Crippen LogP contribution is 2.35. The second-order valence-electron chi connectivity index (χ2n) is 4.41. The molecule has 6 heteroatoms. The van der Waals surface area contributed by atoms with Gasteiger partial charge in [-0.1, -0.05) is 0 Å². The lowest BCUT2D eigenvalue weighted by atomic mass is 10.3. The molecule has 0 unspecified atom stereocenters. The molecular formula is C12H13ClN4S. The number of rotatable bonds is 4. The lowest BCUT2D eigenvalue weighted by Gasteiger charge is -2.24. The van der Waals surface area contributed by atoms with Crippen LogP contribution < -0.4 is 10.6 Å². The van der Waals surface area contributed by atoms with E-state index in [-0.39, 0.29) is 5.28 Å². The first kappa shape index (κ1) is 11.7. The van der Waals surface area contributed by atoms with E-state index in [0.29, 0.717) is 11.7 Å². The summed E-state index contributed by atoms with van der Waals surface area (Å²) in [6.07, 6.45) is 3.95. The van der Waals surface area contributed by atoms with Crippen molar-refractivity contribution in [2.24, 2.45) is 0 Å². The molecule has 1 fully saturated rings. The minimum Gasteiger partial charge on any atom is -0.394 e. The predicted octanol–water partition coefficient (Wildman–Crippen LogP) is 2.94. The van der Waals surface area contributed by atoms with Gasteiger partial charge in [0.25, 0.3) is 0 Å². The van der Waals surface area contributed by atoms with Gasteiger partial charge in [-0.2, -0.15) is 16.3 Å². The summed E-state index contributed by atoms with van der Waals surface area (Å²) in [6.45, 7) is 0.825. The lowest BCUT2D eigenvalue weighted by molar-refractivity contribution is 0.779. The third-order valence-corrected chi connectivity index (χ3v) is 3.87. The van der Waals surface area contributed by atoms with E-state index < -0.39 is 0 Å². The molecule has 0 amide bonds. The number of halogens is 1. The Balaban J connectivity index is 1.91. The number of nitrogen functional groups attached to an aromatic ring is 1. The Kier molecular flexibility index (Phi) is 3.09. The summed E-state index contributed by atoms with van der Waals surface area (Å²) in [5.41, 5.74) is 7.83. The summed E-state index contributed by atoms with van der Waals surface area (Å²) in [5.74, 6) is 0.753. The van der Waals surface area contributed by atoms with Crippen LogP contribution >= 0.6 is 22.9 Å². The molecule has 2 aromatic rings. The highest BCUT2D eigenvalue weighted by Gasteiger charge is 2.31. The molecule has 3 rings (SSSR count). The van der Waals surface area contributed by atoms with E-state index >= 15 is 0 Å².